The highest BCUT2D eigenvalue weighted by Gasteiger charge is 2.23. The van der Waals surface area contributed by atoms with E-state index in [-0.39, 0.29) is 22.6 Å². The summed E-state index contributed by atoms with van der Waals surface area (Å²) in [5, 5.41) is 2.59. The van der Waals surface area contributed by atoms with E-state index in [0.29, 0.717) is 12.0 Å². The molecular formula is C18H17NO6. The van der Waals surface area contributed by atoms with Gasteiger partial charge in [-0.2, -0.15) is 0 Å². The van der Waals surface area contributed by atoms with Crippen molar-refractivity contribution >= 4 is 23.9 Å². The lowest BCUT2D eigenvalue weighted by molar-refractivity contribution is -0.119. The number of rotatable bonds is 7. The Morgan fingerprint density at radius 1 is 1.04 bits per heavy atom. The van der Waals surface area contributed by atoms with Crippen LogP contribution in [-0.4, -0.2) is 39.0 Å². The third-order valence-corrected chi connectivity index (χ3v) is 3.30. The lowest BCUT2D eigenvalue weighted by atomic mass is 10.1. The largest absolute Gasteiger partial charge is 0.493 e. The first-order valence-electron chi connectivity index (χ1n) is 7.33. The van der Waals surface area contributed by atoms with Gasteiger partial charge >= 0.3 is 5.97 Å². The van der Waals surface area contributed by atoms with E-state index >= 15 is 0 Å². The molecule has 0 aliphatic carbocycles. The quantitative estimate of drug-likeness (QED) is 0.613. The first-order chi connectivity index (χ1) is 12.1. The fourth-order valence-electron chi connectivity index (χ4n) is 2.17. The van der Waals surface area contributed by atoms with Gasteiger partial charge in [0.2, 0.25) is 0 Å². The number of nitrogens with one attached hydrogen (secondary N) is 1. The summed E-state index contributed by atoms with van der Waals surface area (Å²) in [6.45, 7) is -0.508. The molecule has 2 rings (SSSR count). The zero-order valence-corrected chi connectivity index (χ0v) is 13.8. The average molecular weight is 343 g/mol. The molecule has 25 heavy (non-hydrogen) atoms. The van der Waals surface area contributed by atoms with Gasteiger partial charge in [-0.3, -0.25) is 9.59 Å². The number of para-hydroxylation sites is 1. The second-order valence-electron chi connectivity index (χ2n) is 4.87. The van der Waals surface area contributed by atoms with Crippen molar-refractivity contribution in [3.05, 3.63) is 53.6 Å². The smallest absolute Gasteiger partial charge is 0.343 e. The number of carbonyl (C=O) groups is 3. The summed E-state index contributed by atoms with van der Waals surface area (Å²) in [6, 6.07) is 11.7. The highest BCUT2D eigenvalue weighted by molar-refractivity contribution is 6.03. The Kier molecular flexibility index (Phi) is 6.11. The lowest BCUT2D eigenvalue weighted by Crippen LogP contribution is -2.21. The van der Waals surface area contributed by atoms with Crippen molar-refractivity contribution in [2.24, 2.45) is 0 Å². The first-order valence-corrected chi connectivity index (χ1v) is 7.33. The van der Waals surface area contributed by atoms with E-state index in [9.17, 15) is 14.4 Å². The molecule has 1 N–H and O–H groups in total. The van der Waals surface area contributed by atoms with Gasteiger partial charge in [-0.1, -0.05) is 18.2 Å². The molecule has 0 unspecified atom stereocenters. The highest BCUT2D eigenvalue weighted by atomic mass is 16.5. The molecule has 7 nitrogen and oxygen atoms in total. The van der Waals surface area contributed by atoms with Crippen molar-refractivity contribution in [1.82, 2.24) is 0 Å². The van der Waals surface area contributed by atoms with Gasteiger partial charge in [0.05, 0.1) is 14.2 Å². The van der Waals surface area contributed by atoms with Crippen LogP contribution < -0.4 is 14.8 Å². The van der Waals surface area contributed by atoms with Crippen LogP contribution in [0.5, 0.6) is 11.5 Å². The standard InChI is InChI=1S/C18H17NO6/c1-23-14-9-8-12(10-20)16(17(14)24-2)18(22)25-11-15(21)19-13-6-4-3-5-7-13/h3-10H,11H2,1-2H3,(H,19,21). The van der Waals surface area contributed by atoms with Crippen LogP contribution in [-0.2, 0) is 9.53 Å². The maximum absolute atomic E-state index is 12.3. The van der Waals surface area contributed by atoms with Crippen molar-refractivity contribution in [1.29, 1.82) is 0 Å². The minimum absolute atomic E-state index is 0.0700. The zero-order chi connectivity index (χ0) is 18.2. The van der Waals surface area contributed by atoms with Crippen molar-refractivity contribution in [3.8, 4) is 11.5 Å². The van der Waals surface area contributed by atoms with Crippen LogP contribution in [0.3, 0.4) is 0 Å². The number of aldehydes is 1. The molecule has 0 saturated carbocycles. The van der Waals surface area contributed by atoms with Gasteiger partial charge < -0.3 is 19.5 Å². The molecule has 0 bridgehead atoms. The Bertz CT molecular complexity index is 773. The predicted octanol–water partition coefficient (Wildman–Crippen LogP) is 2.31. The minimum atomic E-state index is -0.860. The maximum atomic E-state index is 12.3. The number of ether oxygens (including phenoxy) is 3. The Morgan fingerprint density at radius 3 is 2.36 bits per heavy atom. The third-order valence-electron chi connectivity index (χ3n) is 3.30. The Balaban J connectivity index is 2.12. The molecule has 1 amide bonds. The summed E-state index contributed by atoms with van der Waals surface area (Å²) in [4.78, 5) is 35.4. The third kappa shape index (κ3) is 4.35. The highest BCUT2D eigenvalue weighted by Crippen LogP contribution is 2.33. The van der Waals surface area contributed by atoms with Crippen LogP contribution in [0.4, 0.5) is 5.69 Å². The van der Waals surface area contributed by atoms with Gasteiger partial charge in [0, 0.05) is 11.3 Å². The van der Waals surface area contributed by atoms with Crippen molar-refractivity contribution < 1.29 is 28.6 Å². The zero-order valence-electron chi connectivity index (χ0n) is 13.8. The number of hydrogen-bond donors (Lipinski definition) is 1. The van der Waals surface area contributed by atoms with Crippen molar-refractivity contribution in [2.45, 2.75) is 0 Å². The van der Waals surface area contributed by atoms with E-state index in [1.807, 2.05) is 6.07 Å². The van der Waals surface area contributed by atoms with E-state index in [4.69, 9.17) is 14.2 Å². The SMILES string of the molecule is COc1ccc(C=O)c(C(=O)OCC(=O)Nc2ccccc2)c1OC. The summed E-state index contributed by atoms with van der Waals surface area (Å²) in [7, 11) is 2.74. The topological polar surface area (TPSA) is 90.9 Å². The molecular weight excluding hydrogens is 326 g/mol. The summed E-state index contributed by atoms with van der Waals surface area (Å²) in [5.41, 5.74) is 0.562. The molecule has 2 aromatic rings. The number of amides is 1. The molecule has 0 aliphatic rings. The van der Waals surface area contributed by atoms with Crippen molar-refractivity contribution in [3.63, 3.8) is 0 Å². The molecule has 0 atom stereocenters. The molecule has 7 heteroatoms. The molecule has 0 aliphatic heterocycles. The van der Waals surface area contributed by atoms with Crippen LogP contribution in [0, 0.1) is 0 Å². The Hall–Kier alpha value is -3.35. The Labute approximate surface area is 144 Å². The number of esters is 1. The van der Waals surface area contributed by atoms with E-state index in [0.717, 1.165) is 0 Å². The Morgan fingerprint density at radius 2 is 1.76 bits per heavy atom. The second kappa shape index (κ2) is 8.49. The second-order valence-corrected chi connectivity index (χ2v) is 4.87. The first kappa shape index (κ1) is 18.0. The van der Waals surface area contributed by atoms with E-state index in [1.54, 1.807) is 24.3 Å². The van der Waals surface area contributed by atoms with Crippen LogP contribution in [0.15, 0.2) is 42.5 Å². The number of hydrogen-bond acceptors (Lipinski definition) is 6. The summed E-state index contributed by atoms with van der Waals surface area (Å²) < 4.78 is 15.3. The van der Waals surface area contributed by atoms with Crippen LogP contribution >= 0.6 is 0 Å². The molecule has 0 fully saturated rings. The molecule has 0 saturated heterocycles. The van der Waals surface area contributed by atoms with Crippen molar-refractivity contribution in [2.75, 3.05) is 26.1 Å². The average Bonchev–Trinajstić information content (AvgIpc) is 2.65. The minimum Gasteiger partial charge on any atom is -0.493 e. The number of methoxy groups -OCH3 is 2. The van der Waals surface area contributed by atoms with E-state index in [1.165, 1.54) is 26.4 Å². The summed E-state index contributed by atoms with van der Waals surface area (Å²) in [5.74, 6) is -1.02. The van der Waals surface area contributed by atoms with Crippen LogP contribution in [0.2, 0.25) is 0 Å². The fourth-order valence-corrected chi connectivity index (χ4v) is 2.17. The van der Waals surface area contributed by atoms with Gasteiger partial charge in [0.15, 0.2) is 24.4 Å². The van der Waals surface area contributed by atoms with E-state index in [2.05, 4.69) is 5.32 Å². The molecule has 0 heterocycles. The normalized spacial score (nSPS) is 9.84. The van der Waals surface area contributed by atoms with Gasteiger partial charge in [-0.15, -0.1) is 0 Å². The summed E-state index contributed by atoms with van der Waals surface area (Å²) >= 11 is 0. The number of benzene rings is 2. The van der Waals surface area contributed by atoms with E-state index < -0.39 is 18.5 Å². The number of anilines is 1. The number of carbonyl (C=O) groups excluding carboxylic acids is 3. The van der Waals surface area contributed by atoms with Gasteiger partial charge in [0.1, 0.15) is 5.56 Å². The van der Waals surface area contributed by atoms with Gasteiger partial charge in [0.25, 0.3) is 5.91 Å². The maximum Gasteiger partial charge on any atom is 0.343 e. The monoisotopic (exact) mass is 343 g/mol. The summed E-state index contributed by atoms with van der Waals surface area (Å²) in [6.07, 6.45) is 0.503. The van der Waals surface area contributed by atoms with Crippen LogP contribution in [0.25, 0.3) is 0 Å². The molecule has 2 aromatic carbocycles. The molecule has 0 radical (unpaired) electrons. The molecule has 0 spiro atoms. The van der Waals surface area contributed by atoms with Gasteiger partial charge in [-0.05, 0) is 24.3 Å². The molecule has 130 valence electrons. The predicted molar refractivity (Wildman–Crippen MR) is 90.3 cm³/mol. The fraction of sp³-hybridized carbons (Fsp3) is 0.167. The van der Waals surface area contributed by atoms with Gasteiger partial charge in [-0.25, -0.2) is 4.79 Å². The lowest BCUT2D eigenvalue weighted by Gasteiger charge is -2.14. The van der Waals surface area contributed by atoms with Crippen LogP contribution in [0.1, 0.15) is 20.7 Å². The molecule has 0 aromatic heterocycles.